The van der Waals surface area contributed by atoms with Crippen molar-refractivity contribution in [2.45, 2.75) is 26.0 Å². The predicted molar refractivity (Wildman–Crippen MR) is 56.1 cm³/mol. The average Bonchev–Trinajstić information content (AvgIpc) is 2.15. The van der Waals surface area contributed by atoms with E-state index in [1.54, 1.807) is 7.11 Å². The summed E-state index contributed by atoms with van der Waals surface area (Å²) in [5.41, 5.74) is 7.21. The van der Waals surface area contributed by atoms with Crippen molar-refractivity contribution < 1.29 is 9.84 Å². The van der Waals surface area contributed by atoms with Gasteiger partial charge in [-0.3, -0.25) is 0 Å². The maximum Gasteiger partial charge on any atom is 0.129 e. The first-order valence-corrected chi connectivity index (χ1v) is 4.56. The minimum atomic E-state index is -0.462. The molecular formula is C11H17NO2. The van der Waals surface area contributed by atoms with E-state index >= 15 is 0 Å². The van der Waals surface area contributed by atoms with Crippen LogP contribution in [0.3, 0.4) is 0 Å². The largest absolute Gasteiger partial charge is 0.496 e. The zero-order valence-electron chi connectivity index (χ0n) is 8.87. The second-order valence-corrected chi connectivity index (χ2v) is 3.88. The van der Waals surface area contributed by atoms with Gasteiger partial charge in [-0.25, -0.2) is 0 Å². The normalized spacial score (nSPS) is 11.5. The maximum absolute atomic E-state index is 9.12. The molecule has 0 aliphatic carbocycles. The Labute approximate surface area is 84.5 Å². The number of aliphatic hydroxyl groups excluding tert-OH is 1. The molecule has 0 aromatic heterocycles. The highest BCUT2D eigenvalue weighted by atomic mass is 16.5. The molecule has 0 saturated heterocycles. The topological polar surface area (TPSA) is 55.5 Å². The molecule has 1 aromatic carbocycles. The number of para-hydroxylation sites is 1. The van der Waals surface area contributed by atoms with Gasteiger partial charge in [-0.1, -0.05) is 18.2 Å². The molecule has 0 atom stereocenters. The van der Waals surface area contributed by atoms with E-state index in [2.05, 4.69) is 0 Å². The van der Waals surface area contributed by atoms with Gasteiger partial charge in [-0.2, -0.15) is 0 Å². The summed E-state index contributed by atoms with van der Waals surface area (Å²) in [5, 5.41) is 9.12. The van der Waals surface area contributed by atoms with E-state index < -0.39 is 5.54 Å². The van der Waals surface area contributed by atoms with E-state index in [1.165, 1.54) is 0 Å². The molecule has 1 rings (SSSR count). The molecule has 0 heterocycles. The van der Waals surface area contributed by atoms with Crippen molar-refractivity contribution in [1.29, 1.82) is 0 Å². The lowest BCUT2D eigenvalue weighted by molar-refractivity contribution is 0.272. The number of nitrogens with two attached hydrogens (primary N) is 1. The van der Waals surface area contributed by atoms with E-state index in [4.69, 9.17) is 15.6 Å². The summed E-state index contributed by atoms with van der Waals surface area (Å²) in [6.45, 7) is 3.78. The maximum atomic E-state index is 9.12. The van der Waals surface area contributed by atoms with Crippen LogP contribution in [0.25, 0.3) is 0 Å². The first-order chi connectivity index (χ1) is 6.50. The van der Waals surface area contributed by atoms with Gasteiger partial charge < -0.3 is 15.6 Å². The van der Waals surface area contributed by atoms with Gasteiger partial charge in [0.25, 0.3) is 0 Å². The fourth-order valence-electron chi connectivity index (χ4n) is 1.46. The molecule has 0 aliphatic heterocycles. The molecule has 78 valence electrons. The molecule has 3 N–H and O–H groups in total. The SMILES string of the molecule is COc1c(CO)cccc1C(C)(C)N. The number of hydrogen-bond donors (Lipinski definition) is 2. The Morgan fingerprint density at radius 2 is 2.07 bits per heavy atom. The van der Waals surface area contributed by atoms with Gasteiger partial charge in [0.1, 0.15) is 5.75 Å². The van der Waals surface area contributed by atoms with Crippen molar-refractivity contribution in [3.05, 3.63) is 29.3 Å². The van der Waals surface area contributed by atoms with Crippen molar-refractivity contribution in [3.8, 4) is 5.75 Å². The highest BCUT2D eigenvalue weighted by Gasteiger charge is 2.20. The van der Waals surface area contributed by atoms with E-state index in [1.807, 2.05) is 32.0 Å². The number of ether oxygens (including phenoxy) is 1. The molecule has 0 spiro atoms. The Bertz CT molecular complexity index is 316. The van der Waals surface area contributed by atoms with Crippen molar-refractivity contribution in [2.24, 2.45) is 5.73 Å². The van der Waals surface area contributed by atoms with Gasteiger partial charge in [-0.15, -0.1) is 0 Å². The lowest BCUT2D eigenvalue weighted by Crippen LogP contribution is -2.29. The zero-order chi connectivity index (χ0) is 10.8. The molecule has 0 aliphatic rings. The van der Waals surface area contributed by atoms with E-state index in [0.717, 1.165) is 11.1 Å². The number of methoxy groups -OCH3 is 1. The van der Waals surface area contributed by atoms with Crippen LogP contribution in [-0.2, 0) is 12.1 Å². The number of rotatable bonds is 3. The summed E-state index contributed by atoms with van der Waals surface area (Å²) < 4.78 is 5.25. The quantitative estimate of drug-likeness (QED) is 0.766. The molecule has 0 saturated carbocycles. The fourth-order valence-corrected chi connectivity index (χ4v) is 1.46. The summed E-state index contributed by atoms with van der Waals surface area (Å²) in [6, 6.07) is 5.62. The van der Waals surface area contributed by atoms with E-state index in [-0.39, 0.29) is 6.61 Å². The molecule has 0 radical (unpaired) electrons. The Hall–Kier alpha value is -1.06. The van der Waals surface area contributed by atoms with Crippen LogP contribution in [0.4, 0.5) is 0 Å². The second-order valence-electron chi connectivity index (χ2n) is 3.88. The second kappa shape index (κ2) is 3.98. The summed E-state index contributed by atoms with van der Waals surface area (Å²) in [6.07, 6.45) is 0. The third-order valence-corrected chi connectivity index (χ3v) is 2.17. The number of benzene rings is 1. The highest BCUT2D eigenvalue weighted by Crippen LogP contribution is 2.30. The summed E-state index contributed by atoms with van der Waals surface area (Å²) in [5.74, 6) is 0.683. The minimum Gasteiger partial charge on any atom is -0.496 e. The lowest BCUT2D eigenvalue weighted by Gasteiger charge is -2.23. The van der Waals surface area contributed by atoms with Gasteiger partial charge in [0, 0.05) is 16.7 Å². The molecule has 0 fully saturated rings. The van der Waals surface area contributed by atoms with Crippen LogP contribution >= 0.6 is 0 Å². The van der Waals surface area contributed by atoms with Gasteiger partial charge in [0.2, 0.25) is 0 Å². The third-order valence-electron chi connectivity index (χ3n) is 2.17. The average molecular weight is 195 g/mol. The molecule has 0 bridgehead atoms. The fraction of sp³-hybridized carbons (Fsp3) is 0.455. The zero-order valence-corrected chi connectivity index (χ0v) is 8.87. The van der Waals surface area contributed by atoms with Gasteiger partial charge in [-0.05, 0) is 13.8 Å². The monoisotopic (exact) mass is 195 g/mol. The lowest BCUT2D eigenvalue weighted by atomic mass is 9.93. The first-order valence-electron chi connectivity index (χ1n) is 4.56. The number of hydrogen-bond acceptors (Lipinski definition) is 3. The molecule has 14 heavy (non-hydrogen) atoms. The van der Waals surface area contributed by atoms with Crippen LogP contribution < -0.4 is 10.5 Å². The smallest absolute Gasteiger partial charge is 0.129 e. The van der Waals surface area contributed by atoms with Gasteiger partial charge >= 0.3 is 0 Å². The van der Waals surface area contributed by atoms with Crippen LogP contribution in [0.1, 0.15) is 25.0 Å². The summed E-state index contributed by atoms with van der Waals surface area (Å²) in [7, 11) is 1.59. The van der Waals surface area contributed by atoms with E-state index in [9.17, 15) is 0 Å². The van der Waals surface area contributed by atoms with Gasteiger partial charge in [0.05, 0.1) is 13.7 Å². The summed E-state index contributed by atoms with van der Waals surface area (Å²) >= 11 is 0. The molecule has 1 aromatic rings. The van der Waals surface area contributed by atoms with E-state index in [0.29, 0.717) is 5.75 Å². The minimum absolute atomic E-state index is 0.0346. The van der Waals surface area contributed by atoms with Crippen molar-refractivity contribution in [2.75, 3.05) is 7.11 Å². The molecule has 3 heteroatoms. The van der Waals surface area contributed by atoms with Gasteiger partial charge in [0.15, 0.2) is 0 Å². The third kappa shape index (κ3) is 2.05. The molecule has 0 amide bonds. The molecule has 0 unspecified atom stereocenters. The Morgan fingerprint density at radius 3 is 2.50 bits per heavy atom. The van der Waals surface area contributed by atoms with Crippen molar-refractivity contribution >= 4 is 0 Å². The van der Waals surface area contributed by atoms with Crippen LogP contribution in [0, 0.1) is 0 Å². The van der Waals surface area contributed by atoms with Crippen LogP contribution in [0.2, 0.25) is 0 Å². The van der Waals surface area contributed by atoms with Crippen molar-refractivity contribution in [1.82, 2.24) is 0 Å². The molecular weight excluding hydrogens is 178 g/mol. The standard InChI is InChI=1S/C11H17NO2/c1-11(2,12)9-6-4-5-8(7-13)10(9)14-3/h4-6,13H,7,12H2,1-3H3. The van der Waals surface area contributed by atoms with Crippen LogP contribution in [0.15, 0.2) is 18.2 Å². The summed E-state index contributed by atoms with van der Waals surface area (Å²) in [4.78, 5) is 0. The highest BCUT2D eigenvalue weighted by molar-refractivity contribution is 5.44. The van der Waals surface area contributed by atoms with Crippen molar-refractivity contribution in [3.63, 3.8) is 0 Å². The Morgan fingerprint density at radius 1 is 1.43 bits per heavy atom. The Kier molecular flexibility index (Phi) is 3.13. The molecule has 3 nitrogen and oxygen atoms in total. The van der Waals surface area contributed by atoms with Crippen LogP contribution in [-0.4, -0.2) is 12.2 Å². The predicted octanol–water partition coefficient (Wildman–Crippen LogP) is 1.38. The van der Waals surface area contributed by atoms with Crippen LogP contribution in [0.5, 0.6) is 5.75 Å². The first kappa shape index (κ1) is 11.0. The number of aliphatic hydroxyl groups is 1. The Balaban J connectivity index is 3.29.